The standard InChI is InChI=1S/C19H26N4O6S2/c1-5-23(6-2)31(28,29)17-10-11-19(25)22(13-17)14-18(24)20-15-8-7-9-16(12-15)30(26,27)21(3)4/h7-13H,5-6,14H2,1-4H3,(H,20,24). The third kappa shape index (κ3) is 5.58. The monoisotopic (exact) mass is 470 g/mol. The smallest absolute Gasteiger partial charge is 0.251 e. The van der Waals surface area contributed by atoms with Gasteiger partial charge in [-0.2, -0.15) is 4.31 Å². The van der Waals surface area contributed by atoms with Crippen LogP contribution in [0.2, 0.25) is 0 Å². The van der Waals surface area contributed by atoms with Crippen molar-refractivity contribution in [1.29, 1.82) is 0 Å². The molecule has 0 radical (unpaired) electrons. The van der Waals surface area contributed by atoms with Crippen LogP contribution in [0, 0.1) is 0 Å². The van der Waals surface area contributed by atoms with Gasteiger partial charge in [0.05, 0.1) is 9.79 Å². The fourth-order valence-electron chi connectivity index (χ4n) is 2.80. The van der Waals surface area contributed by atoms with Crippen LogP contribution < -0.4 is 10.9 Å². The maximum atomic E-state index is 12.7. The van der Waals surface area contributed by atoms with E-state index in [1.54, 1.807) is 13.8 Å². The average Bonchev–Trinajstić information content (AvgIpc) is 2.70. The topological polar surface area (TPSA) is 126 Å². The Balaban J connectivity index is 2.27. The summed E-state index contributed by atoms with van der Waals surface area (Å²) in [7, 11) is -4.69. The van der Waals surface area contributed by atoms with Crippen LogP contribution >= 0.6 is 0 Å². The summed E-state index contributed by atoms with van der Waals surface area (Å²) in [5.41, 5.74) is -0.314. The van der Waals surface area contributed by atoms with Gasteiger partial charge in [-0.05, 0) is 24.3 Å². The van der Waals surface area contributed by atoms with E-state index in [2.05, 4.69) is 5.32 Å². The maximum Gasteiger partial charge on any atom is 0.251 e. The average molecular weight is 471 g/mol. The summed E-state index contributed by atoms with van der Waals surface area (Å²) >= 11 is 0. The molecule has 0 aliphatic heterocycles. The highest BCUT2D eigenvalue weighted by atomic mass is 32.2. The molecule has 0 unspecified atom stereocenters. The van der Waals surface area contributed by atoms with Gasteiger partial charge in [0.2, 0.25) is 26.0 Å². The number of carbonyl (C=O) groups is 1. The number of sulfonamides is 2. The number of nitrogens with zero attached hydrogens (tertiary/aromatic N) is 3. The summed E-state index contributed by atoms with van der Waals surface area (Å²) in [4.78, 5) is 24.5. The summed E-state index contributed by atoms with van der Waals surface area (Å²) in [6, 6.07) is 7.99. The minimum Gasteiger partial charge on any atom is -0.324 e. The van der Waals surface area contributed by atoms with Crippen molar-refractivity contribution in [3.05, 3.63) is 52.9 Å². The summed E-state index contributed by atoms with van der Waals surface area (Å²) in [5.74, 6) is -0.612. The van der Waals surface area contributed by atoms with Crippen LogP contribution in [0.25, 0.3) is 0 Å². The van der Waals surface area contributed by atoms with Crippen LogP contribution in [0.5, 0.6) is 0 Å². The van der Waals surface area contributed by atoms with Gasteiger partial charge < -0.3 is 9.88 Å². The van der Waals surface area contributed by atoms with Crippen molar-refractivity contribution in [3.8, 4) is 0 Å². The molecular formula is C19H26N4O6S2. The zero-order chi connectivity index (χ0) is 23.4. The molecular weight excluding hydrogens is 444 g/mol. The van der Waals surface area contributed by atoms with Crippen LogP contribution in [0.4, 0.5) is 5.69 Å². The van der Waals surface area contributed by atoms with Gasteiger partial charge in [0.25, 0.3) is 5.56 Å². The summed E-state index contributed by atoms with van der Waals surface area (Å²) in [5, 5.41) is 2.53. The fraction of sp³-hybridized carbons (Fsp3) is 0.368. The Hall–Kier alpha value is -2.54. The van der Waals surface area contributed by atoms with Gasteiger partial charge in [0.15, 0.2) is 0 Å². The van der Waals surface area contributed by atoms with E-state index in [0.717, 1.165) is 21.1 Å². The molecule has 10 nitrogen and oxygen atoms in total. The first-order valence-electron chi connectivity index (χ1n) is 9.46. The third-order valence-electron chi connectivity index (χ3n) is 4.51. The molecule has 1 aromatic carbocycles. The van der Waals surface area contributed by atoms with E-state index >= 15 is 0 Å². The molecule has 0 aliphatic rings. The molecule has 1 aromatic heterocycles. The molecule has 12 heteroatoms. The number of hydrogen-bond donors (Lipinski definition) is 1. The lowest BCUT2D eigenvalue weighted by atomic mass is 10.3. The molecule has 0 aliphatic carbocycles. The van der Waals surface area contributed by atoms with Crippen LogP contribution in [-0.2, 0) is 31.4 Å². The van der Waals surface area contributed by atoms with Crippen molar-refractivity contribution in [3.63, 3.8) is 0 Å². The molecule has 170 valence electrons. The second-order valence-corrected chi connectivity index (χ2v) is 10.9. The highest BCUT2D eigenvalue weighted by Gasteiger charge is 2.23. The van der Waals surface area contributed by atoms with Gasteiger partial charge in [-0.25, -0.2) is 21.1 Å². The first-order valence-corrected chi connectivity index (χ1v) is 12.3. The Bertz CT molecular complexity index is 1220. The number of amides is 1. The molecule has 0 atom stereocenters. The van der Waals surface area contributed by atoms with E-state index < -0.39 is 38.1 Å². The molecule has 1 amide bonds. The highest BCUT2D eigenvalue weighted by molar-refractivity contribution is 7.89. The minimum absolute atomic E-state index is 0.000203. The van der Waals surface area contributed by atoms with Gasteiger partial charge in [0, 0.05) is 45.1 Å². The van der Waals surface area contributed by atoms with Crippen molar-refractivity contribution in [2.24, 2.45) is 0 Å². The number of hydrogen-bond acceptors (Lipinski definition) is 6. The van der Waals surface area contributed by atoms with Crippen LogP contribution in [0.15, 0.2) is 57.2 Å². The molecule has 0 saturated carbocycles. The summed E-state index contributed by atoms with van der Waals surface area (Å²) in [6.07, 6.45) is 1.13. The first-order chi connectivity index (χ1) is 14.4. The summed E-state index contributed by atoms with van der Waals surface area (Å²) < 4.78 is 53.1. The lowest BCUT2D eigenvalue weighted by molar-refractivity contribution is -0.116. The number of aromatic nitrogens is 1. The number of pyridine rings is 1. The van der Waals surface area contributed by atoms with Gasteiger partial charge in [-0.3, -0.25) is 9.59 Å². The first kappa shape index (κ1) is 24.7. The van der Waals surface area contributed by atoms with E-state index in [1.165, 1.54) is 48.7 Å². The second-order valence-electron chi connectivity index (χ2n) is 6.78. The third-order valence-corrected chi connectivity index (χ3v) is 8.35. The SMILES string of the molecule is CCN(CC)S(=O)(=O)c1ccc(=O)n(CC(=O)Nc2cccc(S(=O)(=O)N(C)C)c2)c1. The maximum absolute atomic E-state index is 12.7. The highest BCUT2D eigenvalue weighted by Crippen LogP contribution is 2.18. The van der Waals surface area contributed by atoms with Crippen LogP contribution in [0.1, 0.15) is 13.8 Å². The lowest BCUT2D eigenvalue weighted by Crippen LogP contribution is -2.33. The molecule has 1 heterocycles. The zero-order valence-corrected chi connectivity index (χ0v) is 19.4. The molecule has 31 heavy (non-hydrogen) atoms. The molecule has 0 spiro atoms. The number of rotatable bonds is 9. The Morgan fingerprint density at radius 2 is 1.61 bits per heavy atom. The van der Waals surface area contributed by atoms with Crippen LogP contribution in [-0.4, -0.2) is 63.1 Å². The Morgan fingerprint density at radius 3 is 2.19 bits per heavy atom. The Labute approximate surface area is 182 Å². The quantitative estimate of drug-likeness (QED) is 0.577. The number of carbonyl (C=O) groups excluding carboxylic acids is 1. The van der Waals surface area contributed by atoms with Crippen molar-refractivity contribution in [2.75, 3.05) is 32.5 Å². The molecule has 0 saturated heterocycles. The largest absolute Gasteiger partial charge is 0.324 e. The van der Waals surface area contributed by atoms with Crippen molar-refractivity contribution in [1.82, 2.24) is 13.2 Å². The zero-order valence-electron chi connectivity index (χ0n) is 17.8. The molecule has 2 aromatic rings. The van der Waals surface area contributed by atoms with Crippen molar-refractivity contribution >= 4 is 31.6 Å². The predicted octanol–water partition coefficient (Wildman–Crippen LogP) is 0.768. The van der Waals surface area contributed by atoms with Gasteiger partial charge in [-0.1, -0.05) is 19.9 Å². The van der Waals surface area contributed by atoms with E-state index in [-0.39, 0.29) is 28.6 Å². The minimum atomic E-state index is -3.79. The molecule has 0 bridgehead atoms. The Morgan fingerprint density at radius 1 is 0.968 bits per heavy atom. The van der Waals surface area contributed by atoms with E-state index in [1.807, 2.05) is 0 Å². The van der Waals surface area contributed by atoms with E-state index in [4.69, 9.17) is 0 Å². The molecule has 2 rings (SSSR count). The van der Waals surface area contributed by atoms with E-state index in [9.17, 15) is 26.4 Å². The van der Waals surface area contributed by atoms with Gasteiger partial charge >= 0.3 is 0 Å². The number of benzene rings is 1. The second kappa shape index (κ2) is 9.73. The predicted molar refractivity (Wildman–Crippen MR) is 117 cm³/mol. The fourth-order valence-corrected chi connectivity index (χ4v) is 5.23. The normalized spacial score (nSPS) is 12.3. The number of anilines is 1. The van der Waals surface area contributed by atoms with Gasteiger partial charge in [-0.15, -0.1) is 0 Å². The Kier molecular flexibility index (Phi) is 7.76. The molecule has 0 fully saturated rings. The van der Waals surface area contributed by atoms with E-state index in [0.29, 0.717) is 0 Å². The lowest BCUT2D eigenvalue weighted by Gasteiger charge is -2.19. The number of nitrogens with one attached hydrogen (secondary N) is 1. The van der Waals surface area contributed by atoms with Crippen molar-refractivity contribution < 1.29 is 21.6 Å². The van der Waals surface area contributed by atoms with Crippen molar-refractivity contribution in [2.45, 2.75) is 30.2 Å². The van der Waals surface area contributed by atoms with Crippen LogP contribution in [0.3, 0.4) is 0 Å². The van der Waals surface area contributed by atoms with Gasteiger partial charge in [0.1, 0.15) is 6.54 Å². The summed E-state index contributed by atoms with van der Waals surface area (Å²) in [6.45, 7) is 3.50. The molecule has 1 N–H and O–H groups in total.